The van der Waals surface area contributed by atoms with Gasteiger partial charge in [-0.3, -0.25) is 9.98 Å². The Morgan fingerprint density at radius 3 is 2.70 bits per heavy atom. The molecule has 56 valence electrons. The minimum absolute atomic E-state index is 0.833. The highest BCUT2D eigenvalue weighted by Gasteiger charge is 1.75. The normalized spacial score (nSPS) is 13.7. The highest BCUT2D eigenvalue weighted by molar-refractivity contribution is 5.72. The minimum atomic E-state index is 0.833. The highest BCUT2D eigenvalue weighted by atomic mass is 14.7. The molecule has 10 heavy (non-hydrogen) atoms. The van der Waals surface area contributed by atoms with Crippen LogP contribution in [0, 0.1) is 0 Å². The van der Waals surface area contributed by atoms with E-state index in [1.165, 1.54) is 0 Å². The fourth-order valence-corrected chi connectivity index (χ4v) is 0.513. The second-order valence-corrected chi connectivity index (χ2v) is 1.84. The molecule has 0 saturated heterocycles. The van der Waals surface area contributed by atoms with Gasteiger partial charge >= 0.3 is 0 Å². The molecule has 0 aromatic heterocycles. The zero-order chi connectivity index (χ0) is 7.82. The van der Waals surface area contributed by atoms with E-state index in [2.05, 4.69) is 9.98 Å². The molecule has 0 aliphatic heterocycles. The summed E-state index contributed by atoms with van der Waals surface area (Å²) in [6.07, 6.45) is 5.44. The molecule has 0 radical (unpaired) electrons. The van der Waals surface area contributed by atoms with Crippen LogP contribution in [0.15, 0.2) is 21.8 Å². The summed E-state index contributed by atoms with van der Waals surface area (Å²) in [5, 5.41) is 0. The van der Waals surface area contributed by atoms with Crippen molar-refractivity contribution in [3.05, 3.63) is 11.8 Å². The molecule has 0 fully saturated rings. The van der Waals surface area contributed by atoms with Crippen molar-refractivity contribution in [2.24, 2.45) is 9.98 Å². The number of nitrogens with zero attached hydrogens (tertiary/aromatic N) is 2. The molecule has 0 unspecified atom stereocenters. The van der Waals surface area contributed by atoms with Gasteiger partial charge in [-0.15, -0.1) is 0 Å². The molecule has 0 spiro atoms. The van der Waals surface area contributed by atoms with Crippen molar-refractivity contribution < 1.29 is 0 Å². The second-order valence-electron chi connectivity index (χ2n) is 1.84. The summed E-state index contributed by atoms with van der Waals surface area (Å²) in [6, 6.07) is 0. The lowest BCUT2D eigenvalue weighted by molar-refractivity contribution is 1.14. The Hall–Kier alpha value is -0.920. The van der Waals surface area contributed by atoms with Gasteiger partial charge in [0.05, 0.1) is 0 Å². The van der Waals surface area contributed by atoms with Gasteiger partial charge in [-0.1, -0.05) is 0 Å². The number of allylic oxidation sites excluding steroid dienone is 2. The van der Waals surface area contributed by atoms with Gasteiger partial charge < -0.3 is 0 Å². The molecule has 2 nitrogen and oxygen atoms in total. The second kappa shape index (κ2) is 6.20. The molecule has 2 heteroatoms. The molecule has 0 N–H and O–H groups in total. The summed E-state index contributed by atoms with van der Waals surface area (Å²) in [7, 11) is 0. The Morgan fingerprint density at radius 2 is 2.20 bits per heavy atom. The van der Waals surface area contributed by atoms with E-state index in [0.717, 1.165) is 12.2 Å². The third kappa shape index (κ3) is 5.22. The van der Waals surface area contributed by atoms with Crippen LogP contribution in [-0.4, -0.2) is 19.0 Å². The summed E-state index contributed by atoms with van der Waals surface area (Å²) in [6.45, 7) is 6.68. The van der Waals surface area contributed by atoms with Gasteiger partial charge in [0.15, 0.2) is 0 Å². The quantitative estimate of drug-likeness (QED) is 0.533. The molecule has 0 aromatic carbocycles. The first kappa shape index (κ1) is 9.08. The smallest absolute Gasteiger partial charge is 0.0383 e. The van der Waals surface area contributed by atoms with Gasteiger partial charge in [-0.05, 0) is 26.8 Å². The Kier molecular flexibility index (Phi) is 5.63. The third-order valence-electron chi connectivity index (χ3n) is 0.936. The average Bonchev–Trinajstić information content (AvgIpc) is 1.89. The molecule has 0 saturated carbocycles. The first-order valence-corrected chi connectivity index (χ1v) is 3.46. The zero-order valence-corrected chi connectivity index (χ0v) is 6.83. The van der Waals surface area contributed by atoms with Crippen molar-refractivity contribution in [1.82, 2.24) is 0 Å². The fraction of sp³-hybridized carbons (Fsp3) is 0.500. The molecule has 0 amide bonds. The Balaban J connectivity index is 3.79. The van der Waals surface area contributed by atoms with Crippen LogP contribution in [0.5, 0.6) is 0 Å². The molecular weight excluding hydrogens is 124 g/mol. The molecule has 0 rings (SSSR count). The Morgan fingerprint density at radius 1 is 1.50 bits per heavy atom. The number of hydrogen-bond donors (Lipinski definition) is 0. The van der Waals surface area contributed by atoms with E-state index in [1.54, 1.807) is 12.4 Å². The van der Waals surface area contributed by atoms with E-state index in [4.69, 9.17) is 0 Å². The lowest BCUT2D eigenvalue weighted by Crippen LogP contribution is -1.73. The van der Waals surface area contributed by atoms with Gasteiger partial charge in [0, 0.05) is 24.7 Å². The molecule has 0 atom stereocenters. The SMILES string of the molecule is C\C=N/C(C)=C/C=N\CC. The van der Waals surface area contributed by atoms with Crippen LogP contribution in [0.25, 0.3) is 0 Å². The van der Waals surface area contributed by atoms with Crippen LogP contribution in [0.3, 0.4) is 0 Å². The first-order valence-electron chi connectivity index (χ1n) is 3.46. The summed E-state index contributed by atoms with van der Waals surface area (Å²) in [5.41, 5.74) is 0.986. The predicted octanol–water partition coefficient (Wildman–Crippen LogP) is 2.07. The van der Waals surface area contributed by atoms with Crippen molar-refractivity contribution in [2.75, 3.05) is 6.54 Å². The van der Waals surface area contributed by atoms with Crippen LogP contribution in [-0.2, 0) is 0 Å². The van der Waals surface area contributed by atoms with Crippen LogP contribution >= 0.6 is 0 Å². The van der Waals surface area contributed by atoms with E-state index >= 15 is 0 Å². The first-order chi connectivity index (χ1) is 4.81. The fourth-order valence-electron chi connectivity index (χ4n) is 0.513. The molecule has 0 heterocycles. The molecule has 0 aliphatic carbocycles. The van der Waals surface area contributed by atoms with Crippen LogP contribution < -0.4 is 0 Å². The van der Waals surface area contributed by atoms with Crippen molar-refractivity contribution in [2.45, 2.75) is 20.8 Å². The Bertz CT molecular complexity index is 155. The minimum Gasteiger partial charge on any atom is -0.293 e. The standard InChI is InChI=1S/C8H14N2/c1-4-9-7-6-8(3)10-5-2/h5-7H,4H2,1-3H3/b8-6+,9-7-,10-5-. The van der Waals surface area contributed by atoms with Gasteiger partial charge in [0.2, 0.25) is 0 Å². The number of hydrogen-bond acceptors (Lipinski definition) is 2. The van der Waals surface area contributed by atoms with Crippen LogP contribution in [0.4, 0.5) is 0 Å². The van der Waals surface area contributed by atoms with Crippen molar-refractivity contribution in [3.8, 4) is 0 Å². The Labute approximate surface area is 62.4 Å². The average molecular weight is 138 g/mol. The zero-order valence-electron chi connectivity index (χ0n) is 6.83. The van der Waals surface area contributed by atoms with Crippen LogP contribution in [0.2, 0.25) is 0 Å². The van der Waals surface area contributed by atoms with E-state index in [1.807, 2.05) is 26.8 Å². The maximum absolute atomic E-state index is 4.04. The summed E-state index contributed by atoms with van der Waals surface area (Å²) in [5.74, 6) is 0. The highest BCUT2D eigenvalue weighted by Crippen LogP contribution is 1.89. The predicted molar refractivity (Wildman–Crippen MR) is 47.0 cm³/mol. The largest absolute Gasteiger partial charge is 0.293 e. The van der Waals surface area contributed by atoms with Crippen molar-refractivity contribution in [3.63, 3.8) is 0 Å². The maximum atomic E-state index is 4.04. The van der Waals surface area contributed by atoms with Crippen LogP contribution in [0.1, 0.15) is 20.8 Å². The molecular formula is C8H14N2. The third-order valence-corrected chi connectivity index (χ3v) is 0.936. The van der Waals surface area contributed by atoms with Crippen molar-refractivity contribution in [1.29, 1.82) is 0 Å². The number of rotatable bonds is 3. The van der Waals surface area contributed by atoms with E-state index in [9.17, 15) is 0 Å². The van der Waals surface area contributed by atoms with Crippen molar-refractivity contribution >= 4 is 12.4 Å². The molecule has 0 aromatic rings. The molecule has 0 bridgehead atoms. The summed E-state index contributed by atoms with van der Waals surface area (Å²) in [4.78, 5) is 8.06. The van der Waals surface area contributed by atoms with Gasteiger partial charge in [0.1, 0.15) is 0 Å². The van der Waals surface area contributed by atoms with E-state index in [0.29, 0.717) is 0 Å². The maximum Gasteiger partial charge on any atom is 0.0383 e. The van der Waals surface area contributed by atoms with E-state index < -0.39 is 0 Å². The summed E-state index contributed by atoms with van der Waals surface area (Å²) >= 11 is 0. The van der Waals surface area contributed by atoms with Gasteiger partial charge in [0.25, 0.3) is 0 Å². The summed E-state index contributed by atoms with van der Waals surface area (Å²) < 4.78 is 0. The topological polar surface area (TPSA) is 24.7 Å². The molecule has 0 aliphatic rings. The number of aliphatic imine (C=N–C) groups is 2. The lowest BCUT2D eigenvalue weighted by Gasteiger charge is -1.84. The monoisotopic (exact) mass is 138 g/mol. The van der Waals surface area contributed by atoms with E-state index in [-0.39, 0.29) is 0 Å². The van der Waals surface area contributed by atoms with Gasteiger partial charge in [-0.2, -0.15) is 0 Å². The lowest BCUT2D eigenvalue weighted by atomic mass is 10.4. The van der Waals surface area contributed by atoms with Gasteiger partial charge in [-0.25, -0.2) is 0 Å².